The fourth-order valence-corrected chi connectivity index (χ4v) is 3.67. The summed E-state index contributed by atoms with van der Waals surface area (Å²) in [6.07, 6.45) is 9.88. The third-order valence-corrected chi connectivity index (χ3v) is 5.40. The van der Waals surface area contributed by atoms with Gasteiger partial charge in [-0.2, -0.15) is 0 Å². The zero-order valence-electron chi connectivity index (χ0n) is 13.8. The Morgan fingerprint density at radius 3 is 2.84 bits per heavy atom. The number of allylic oxidation sites excluding steroid dienone is 2. The van der Waals surface area contributed by atoms with Crippen LogP contribution in [0.1, 0.15) is 36.4 Å². The molecule has 1 aromatic carbocycles. The van der Waals surface area contributed by atoms with Gasteiger partial charge in [0.05, 0.1) is 15.7 Å². The second-order valence-electron chi connectivity index (χ2n) is 6.36. The van der Waals surface area contributed by atoms with Crippen molar-refractivity contribution in [3.8, 4) is 0 Å². The summed E-state index contributed by atoms with van der Waals surface area (Å²) < 4.78 is 2.13. The molecule has 1 aliphatic rings. The molecule has 0 radical (unpaired) electrons. The number of pyridine rings is 1. The summed E-state index contributed by atoms with van der Waals surface area (Å²) in [5.74, 6) is 1.53. The van der Waals surface area contributed by atoms with Gasteiger partial charge in [0.1, 0.15) is 11.5 Å². The highest BCUT2D eigenvalue weighted by Gasteiger charge is 2.21. The van der Waals surface area contributed by atoms with Gasteiger partial charge in [0, 0.05) is 18.7 Å². The summed E-state index contributed by atoms with van der Waals surface area (Å²) in [7, 11) is 0. The predicted octanol–water partition coefficient (Wildman–Crippen LogP) is 6.08. The molecule has 3 aromatic rings. The molecule has 0 fully saturated rings. The van der Waals surface area contributed by atoms with E-state index in [2.05, 4.69) is 28.1 Å². The van der Waals surface area contributed by atoms with Crippen molar-refractivity contribution in [3.63, 3.8) is 0 Å². The number of nitrogens with one attached hydrogen (secondary N) is 1. The number of benzene rings is 1. The van der Waals surface area contributed by atoms with Crippen LogP contribution in [0.5, 0.6) is 0 Å². The van der Waals surface area contributed by atoms with E-state index in [1.54, 1.807) is 0 Å². The number of hydrogen-bond acceptors (Lipinski definition) is 2. The molecule has 25 heavy (non-hydrogen) atoms. The van der Waals surface area contributed by atoms with E-state index < -0.39 is 0 Å². The van der Waals surface area contributed by atoms with Crippen molar-refractivity contribution >= 4 is 34.7 Å². The van der Waals surface area contributed by atoms with Crippen LogP contribution in [0.4, 0.5) is 5.82 Å². The van der Waals surface area contributed by atoms with Crippen LogP contribution in [-0.2, 0) is 6.54 Å². The number of hydrogen-bond donors (Lipinski definition) is 1. The number of fused-ring (bicyclic) bond motifs is 1. The Bertz CT molecular complexity index is 930. The van der Waals surface area contributed by atoms with Crippen LogP contribution in [0.15, 0.2) is 54.7 Å². The molecule has 0 amide bonds. The molecule has 0 bridgehead atoms. The van der Waals surface area contributed by atoms with Crippen LogP contribution in [0.25, 0.3) is 5.65 Å². The van der Waals surface area contributed by atoms with E-state index in [1.807, 2.05) is 36.4 Å². The van der Waals surface area contributed by atoms with Crippen LogP contribution in [0, 0.1) is 0 Å². The lowest BCUT2D eigenvalue weighted by atomic mass is 9.91. The van der Waals surface area contributed by atoms with E-state index in [4.69, 9.17) is 28.2 Å². The van der Waals surface area contributed by atoms with E-state index in [0.717, 1.165) is 42.0 Å². The van der Waals surface area contributed by atoms with E-state index >= 15 is 0 Å². The molecule has 2 aromatic heterocycles. The molecular formula is C20H19Cl2N3. The molecular weight excluding hydrogens is 353 g/mol. The van der Waals surface area contributed by atoms with Crippen molar-refractivity contribution in [2.45, 2.75) is 31.7 Å². The first kappa shape index (κ1) is 16.5. The Morgan fingerprint density at radius 2 is 2.04 bits per heavy atom. The smallest absolute Gasteiger partial charge is 0.138 e. The maximum Gasteiger partial charge on any atom is 0.138 e. The van der Waals surface area contributed by atoms with Crippen LogP contribution in [0.3, 0.4) is 0 Å². The Labute approximate surface area is 157 Å². The second-order valence-corrected chi connectivity index (χ2v) is 7.17. The second kappa shape index (κ2) is 7.11. The molecule has 0 aliphatic heterocycles. The van der Waals surface area contributed by atoms with Gasteiger partial charge in [-0.3, -0.25) is 4.40 Å². The third kappa shape index (κ3) is 3.39. The molecule has 0 spiro atoms. The number of halogens is 2. The number of imidazole rings is 1. The quantitative estimate of drug-likeness (QED) is 0.563. The monoisotopic (exact) mass is 371 g/mol. The first-order chi connectivity index (χ1) is 12.2. The van der Waals surface area contributed by atoms with Crippen LogP contribution in [0.2, 0.25) is 10.0 Å². The molecule has 1 atom stereocenters. The number of nitrogens with zero attached hydrogens (tertiary/aromatic N) is 2. The SMILES string of the molecule is Clc1ccc(CNc2c(C3CC=CCC3)nc3ccccn23)cc1Cl. The molecule has 0 saturated carbocycles. The topological polar surface area (TPSA) is 29.3 Å². The van der Waals surface area contributed by atoms with Crippen LogP contribution >= 0.6 is 23.2 Å². The van der Waals surface area contributed by atoms with Gasteiger partial charge in [0.15, 0.2) is 0 Å². The fraction of sp³-hybridized carbons (Fsp3) is 0.250. The highest BCUT2D eigenvalue weighted by atomic mass is 35.5. The highest BCUT2D eigenvalue weighted by molar-refractivity contribution is 6.42. The van der Waals surface area contributed by atoms with Crippen LogP contribution < -0.4 is 5.32 Å². The van der Waals surface area contributed by atoms with E-state index in [9.17, 15) is 0 Å². The maximum atomic E-state index is 6.14. The molecule has 3 nitrogen and oxygen atoms in total. The van der Waals surface area contributed by atoms with Gasteiger partial charge in [0.2, 0.25) is 0 Å². The van der Waals surface area contributed by atoms with Crippen molar-refractivity contribution in [1.29, 1.82) is 0 Å². The third-order valence-electron chi connectivity index (χ3n) is 4.66. The lowest BCUT2D eigenvalue weighted by molar-refractivity contribution is 0.605. The van der Waals surface area contributed by atoms with E-state index in [0.29, 0.717) is 22.5 Å². The fourth-order valence-electron chi connectivity index (χ4n) is 3.35. The average Bonchev–Trinajstić information content (AvgIpc) is 3.02. The minimum absolute atomic E-state index is 0.459. The first-order valence-corrected chi connectivity index (χ1v) is 9.28. The Kier molecular flexibility index (Phi) is 4.69. The standard InChI is InChI=1S/C20H19Cl2N3/c21-16-10-9-14(12-17(16)22)13-23-20-19(15-6-2-1-3-7-15)24-18-8-4-5-11-25(18)20/h1-2,4-5,8-12,15,23H,3,6-7,13H2. The zero-order chi connectivity index (χ0) is 17.2. The largest absolute Gasteiger partial charge is 0.366 e. The minimum Gasteiger partial charge on any atom is -0.366 e. The molecule has 1 N–H and O–H groups in total. The van der Waals surface area contributed by atoms with Crippen molar-refractivity contribution in [2.75, 3.05) is 5.32 Å². The Morgan fingerprint density at radius 1 is 1.12 bits per heavy atom. The molecule has 1 aliphatic carbocycles. The van der Waals surface area contributed by atoms with Gasteiger partial charge in [-0.05, 0) is 49.1 Å². The molecule has 4 rings (SSSR count). The van der Waals surface area contributed by atoms with Crippen molar-refractivity contribution in [3.05, 3.63) is 76.0 Å². The Hall–Kier alpha value is -1.97. The van der Waals surface area contributed by atoms with Gasteiger partial charge in [-0.1, -0.05) is 47.5 Å². The van der Waals surface area contributed by atoms with Crippen molar-refractivity contribution in [1.82, 2.24) is 9.38 Å². The normalized spacial score (nSPS) is 17.1. The average molecular weight is 372 g/mol. The minimum atomic E-state index is 0.459. The summed E-state index contributed by atoms with van der Waals surface area (Å²) in [6, 6.07) is 11.8. The summed E-state index contributed by atoms with van der Waals surface area (Å²) >= 11 is 12.2. The lowest BCUT2D eigenvalue weighted by Crippen LogP contribution is -2.08. The van der Waals surface area contributed by atoms with Gasteiger partial charge < -0.3 is 5.32 Å². The lowest BCUT2D eigenvalue weighted by Gasteiger charge is -2.18. The van der Waals surface area contributed by atoms with E-state index in [1.165, 1.54) is 0 Å². The summed E-state index contributed by atoms with van der Waals surface area (Å²) in [4.78, 5) is 4.90. The number of anilines is 1. The van der Waals surface area contributed by atoms with Crippen LogP contribution in [-0.4, -0.2) is 9.38 Å². The highest BCUT2D eigenvalue weighted by Crippen LogP contribution is 2.34. The summed E-state index contributed by atoms with van der Waals surface area (Å²) in [5.41, 5.74) is 3.22. The summed E-state index contributed by atoms with van der Waals surface area (Å²) in [6.45, 7) is 0.676. The van der Waals surface area contributed by atoms with Crippen molar-refractivity contribution in [2.24, 2.45) is 0 Å². The van der Waals surface area contributed by atoms with E-state index in [-0.39, 0.29) is 0 Å². The zero-order valence-corrected chi connectivity index (χ0v) is 15.3. The van der Waals surface area contributed by atoms with Crippen molar-refractivity contribution < 1.29 is 0 Å². The number of aromatic nitrogens is 2. The molecule has 2 heterocycles. The van der Waals surface area contributed by atoms with Gasteiger partial charge in [-0.25, -0.2) is 4.98 Å². The predicted molar refractivity (Wildman–Crippen MR) is 105 cm³/mol. The first-order valence-electron chi connectivity index (χ1n) is 8.52. The molecule has 1 unspecified atom stereocenters. The molecule has 5 heteroatoms. The number of rotatable bonds is 4. The van der Waals surface area contributed by atoms with Gasteiger partial charge in [0.25, 0.3) is 0 Å². The molecule has 128 valence electrons. The van der Waals surface area contributed by atoms with Gasteiger partial charge >= 0.3 is 0 Å². The maximum absolute atomic E-state index is 6.14. The van der Waals surface area contributed by atoms with Gasteiger partial charge in [-0.15, -0.1) is 0 Å². The summed E-state index contributed by atoms with van der Waals surface area (Å²) in [5, 5.41) is 4.73. The Balaban J connectivity index is 1.66. The molecule has 0 saturated heterocycles.